The van der Waals surface area contributed by atoms with E-state index in [0.717, 1.165) is 34.1 Å². The van der Waals surface area contributed by atoms with Gasteiger partial charge in [0.25, 0.3) is 0 Å². The third kappa shape index (κ3) is 4.87. The lowest BCUT2D eigenvalue weighted by Crippen LogP contribution is -2.49. The highest BCUT2D eigenvalue weighted by Gasteiger charge is 2.19. The first-order chi connectivity index (χ1) is 13.9. The van der Waals surface area contributed by atoms with Crippen molar-refractivity contribution in [3.63, 3.8) is 0 Å². The van der Waals surface area contributed by atoms with Crippen molar-refractivity contribution in [1.82, 2.24) is 5.01 Å². The van der Waals surface area contributed by atoms with E-state index in [2.05, 4.69) is 23.4 Å². The monoisotopic (exact) mass is 415 g/mol. The Hall–Kier alpha value is -2.61. The zero-order valence-corrected chi connectivity index (χ0v) is 17.4. The van der Waals surface area contributed by atoms with Gasteiger partial charge in [0, 0.05) is 17.6 Å². The van der Waals surface area contributed by atoms with Gasteiger partial charge in [-0.1, -0.05) is 35.0 Å². The zero-order valence-electron chi connectivity index (χ0n) is 16.7. The summed E-state index contributed by atoms with van der Waals surface area (Å²) in [6.07, 6.45) is 4.73. The highest BCUT2D eigenvalue weighted by atomic mass is 35.5. The van der Waals surface area contributed by atoms with Crippen LogP contribution in [0.15, 0.2) is 41.6 Å². The summed E-state index contributed by atoms with van der Waals surface area (Å²) >= 11 is 6.30. The predicted molar refractivity (Wildman–Crippen MR) is 116 cm³/mol. The number of hydrogen-bond donors (Lipinski definition) is 2. The van der Waals surface area contributed by atoms with E-state index in [1.54, 1.807) is 18.2 Å². The summed E-state index contributed by atoms with van der Waals surface area (Å²) in [5.41, 5.74) is 5.57. The van der Waals surface area contributed by atoms with Crippen LogP contribution in [0, 0.1) is 0 Å². The second kappa shape index (κ2) is 9.26. The highest BCUT2D eigenvalue weighted by molar-refractivity contribution is 6.31. The average molecular weight is 416 g/mol. The molecule has 1 aliphatic rings. The Balaban J connectivity index is 1.75. The van der Waals surface area contributed by atoms with Crippen LogP contribution in [0.1, 0.15) is 42.0 Å². The molecule has 0 atom stereocenters. The maximum absolute atomic E-state index is 12.1. The largest absolute Gasteiger partial charge is 0.391 e. The van der Waals surface area contributed by atoms with Crippen LogP contribution < -0.4 is 16.7 Å². The fourth-order valence-corrected chi connectivity index (χ4v) is 3.62. The van der Waals surface area contributed by atoms with Gasteiger partial charge >= 0.3 is 6.03 Å². The van der Waals surface area contributed by atoms with Crippen LogP contribution in [0.5, 0.6) is 0 Å². The van der Waals surface area contributed by atoms with Crippen molar-refractivity contribution in [1.29, 1.82) is 0 Å². The summed E-state index contributed by atoms with van der Waals surface area (Å²) in [6.45, 7) is 1.97. The minimum atomic E-state index is -0.581. The molecule has 7 nitrogen and oxygen atoms in total. The molecule has 0 fully saturated rings. The van der Waals surface area contributed by atoms with Crippen LogP contribution >= 0.6 is 11.6 Å². The summed E-state index contributed by atoms with van der Waals surface area (Å²) in [6, 6.07) is 10.9. The predicted octanol–water partition coefficient (Wildman–Crippen LogP) is 3.77. The maximum atomic E-state index is 12.1. The average Bonchev–Trinajstić information content (AvgIpc) is 2.73. The van der Waals surface area contributed by atoms with E-state index >= 15 is 0 Å². The number of hydrogen-bond acceptors (Lipinski definition) is 5. The van der Waals surface area contributed by atoms with Crippen molar-refractivity contribution in [2.24, 2.45) is 16.8 Å². The van der Waals surface area contributed by atoms with E-state index in [1.807, 2.05) is 6.92 Å². The second-order valence-electron chi connectivity index (χ2n) is 7.14. The summed E-state index contributed by atoms with van der Waals surface area (Å²) in [7, 11) is 1.41. The Bertz CT molecular complexity index is 929. The Kier molecular flexibility index (Phi) is 6.74. The molecule has 3 rings (SSSR count). The first-order valence-corrected chi connectivity index (χ1v) is 9.89. The number of aryl methyl sites for hydroxylation is 2. The van der Waals surface area contributed by atoms with Gasteiger partial charge in [-0.05, 0) is 67.5 Å². The third-order valence-corrected chi connectivity index (χ3v) is 5.39. The number of nitrogens with two attached hydrogens (primary N) is 2. The van der Waals surface area contributed by atoms with Gasteiger partial charge in [-0.2, -0.15) is 0 Å². The number of anilines is 1. The molecule has 2 aromatic rings. The fourth-order valence-electron chi connectivity index (χ4n) is 3.39. The van der Waals surface area contributed by atoms with Crippen molar-refractivity contribution in [2.75, 3.05) is 12.1 Å². The standard InChI is InChI=1S/C21H26ClN5O2/c1-14(16-11-10-15-6-3-4-7-17(15)12-16)25-29-13-18-19(22)8-5-9-20(18)27(24)21(28)26(2)23/h5,8-12H,3-4,6-7,13,23-24H2,1-2H3. The Morgan fingerprint density at radius 1 is 1.17 bits per heavy atom. The highest BCUT2D eigenvalue weighted by Crippen LogP contribution is 2.28. The molecule has 0 unspecified atom stereocenters. The van der Waals surface area contributed by atoms with Crippen molar-refractivity contribution in [3.8, 4) is 0 Å². The lowest BCUT2D eigenvalue weighted by Gasteiger charge is -2.23. The van der Waals surface area contributed by atoms with Gasteiger partial charge in [0.05, 0.1) is 11.4 Å². The number of amides is 2. The van der Waals surface area contributed by atoms with Gasteiger partial charge in [-0.3, -0.25) is 5.01 Å². The van der Waals surface area contributed by atoms with Crippen molar-refractivity contribution < 1.29 is 9.63 Å². The number of benzene rings is 2. The Morgan fingerprint density at radius 3 is 2.62 bits per heavy atom. The number of halogens is 1. The molecular weight excluding hydrogens is 390 g/mol. The molecular formula is C21H26ClN5O2. The molecule has 29 heavy (non-hydrogen) atoms. The molecule has 0 spiro atoms. The number of carbonyl (C=O) groups excluding carboxylic acids is 1. The van der Waals surface area contributed by atoms with Crippen LogP contribution in [-0.4, -0.2) is 23.8 Å². The number of carbonyl (C=O) groups is 1. The molecule has 0 saturated heterocycles. The topological polar surface area (TPSA) is 97.2 Å². The molecule has 1 aliphatic carbocycles. The molecule has 0 radical (unpaired) electrons. The van der Waals surface area contributed by atoms with Crippen LogP contribution in [0.3, 0.4) is 0 Å². The van der Waals surface area contributed by atoms with Gasteiger partial charge in [0.2, 0.25) is 0 Å². The minimum Gasteiger partial charge on any atom is -0.391 e. The van der Waals surface area contributed by atoms with Crippen molar-refractivity contribution in [3.05, 3.63) is 63.7 Å². The van der Waals surface area contributed by atoms with Gasteiger partial charge < -0.3 is 4.84 Å². The van der Waals surface area contributed by atoms with E-state index < -0.39 is 6.03 Å². The van der Waals surface area contributed by atoms with E-state index in [0.29, 0.717) is 16.3 Å². The summed E-state index contributed by atoms with van der Waals surface area (Å²) in [5.74, 6) is 11.4. The normalized spacial score (nSPS) is 13.6. The number of urea groups is 1. The Labute approximate surface area is 175 Å². The molecule has 0 bridgehead atoms. The molecule has 0 saturated carbocycles. The van der Waals surface area contributed by atoms with Crippen molar-refractivity contribution >= 4 is 29.0 Å². The second-order valence-corrected chi connectivity index (χ2v) is 7.55. The lowest BCUT2D eigenvalue weighted by atomic mass is 9.90. The zero-order chi connectivity index (χ0) is 21.0. The molecule has 2 aromatic carbocycles. The number of oxime groups is 1. The molecule has 0 aliphatic heterocycles. The van der Waals surface area contributed by atoms with Gasteiger partial charge in [-0.15, -0.1) is 0 Å². The summed E-state index contributed by atoms with van der Waals surface area (Å²) in [5, 5.41) is 6.49. The van der Waals surface area contributed by atoms with E-state index in [9.17, 15) is 4.79 Å². The summed E-state index contributed by atoms with van der Waals surface area (Å²) in [4.78, 5) is 17.6. The molecule has 154 valence electrons. The van der Waals surface area contributed by atoms with E-state index in [-0.39, 0.29) is 6.61 Å². The van der Waals surface area contributed by atoms with Crippen molar-refractivity contribution in [2.45, 2.75) is 39.2 Å². The first kappa shape index (κ1) is 21.1. The SMILES string of the molecule is CC(=NOCc1c(Cl)cccc1N(N)C(=O)N(C)N)c1ccc2c(c1)CCCC2. The molecule has 8 heteroatoms. The summed E-state index contributed by atoms with van der Waals surface area (Å²) < 4.78 is 0. The number of nitrogens with zero attached hydrogens (tertiary/aromatic N) is 3. The van der Waals surface area contributed by atoms with Gasteiger partial charge in [0.1, 0.15) is 6.61 Å². The molecule has 0 heterocycles. The van der Waals surface area contributed by atoms with Gasteiger partial charge in [-0.25, -0.2) is 21.5 Å². The minimum absolute atomic E-state index is 0.0621. The van der Waals surface area contributed by atoms with Crippen LogP contribution in [0.25, 0.3) is 0 Å². The fraction of sp³-hybridized carbons (Fsp3) is 0.333. The quantitative estimate of drug-likeness (QED) is 0.336. The maximum Gasteiger partial charge on any atom is 0.352 e. The van der Waals surface area contributed by atoms with Gasteiger partial charge in [0.15, 0.2) is 0 Å². The van der Waals surface area contributed by atoms with E-state index in [1.165, 1.54) is 31.0 Å². The van der Waals surface area contributed by atoms with Crippen LogP contribution in [0.4, 0.5) is 10.5 Å². The number of hydrazine groups is 2. The van der Waals surface area contributed by atoms with Crippen LogP contribution in [-0.2, 0) is 24.3 Å². The molecule has 2 amide bonds. The smallest absolute Gasteiger partial charge is 0.352 e. The molecule has 4 N–H and O–H groups in total. The van der Waals surface area contributed by atoms with E-state index in [4.69, 9.17) is 28.1 Å². The molecule has 0 aromatic heterocycles. The number of fused-ring (bicyclic) bond motifs is 1. The van der Waals surface area contributed by atoms with Crippen LogP contribution in [0.2, 0.25) is 5.02 Å². The number of rotatable bonds is 5. The Morgan fingerprint density at radius 2 is 1.90 bits per heavy atom. The lowest BCUT2D eigenvalue weighted by molar-refractivity contribution is 0.131. The first-order valence-electron chi connectivity index (χ1n) is 9.52. The third-order valence-electron chi connectivity index (χ3n) is 5.04.